The molecule has 1 saturated heterocycles. The van der Waals surface area contributed by atoms with E-state index in [4.69, 9.17) is 5.73 Å². The van der Waals surface area contributed by atoms with E-state index < -0.39 is 5.54 Å². The number of halogens is 1. The van der Waals surface area contributed by atoms with Crippen LogP contribution in [0.4, 0.5) is 23.1 Å². The Hall–Kier alpha value is -2.76. The molecule has 4 rings (SSSR count). The average Bonchev–Trinajstić information content (AvgIpc) is 3.32. The van der Waals surface area contributed by atoms with Crippen molar-refractivity contribution in [3.63, 3.8) is 0 Å². The molecule has 11 heteroatoms. The molecule has 2 fully saturated rings. The van der Waals surface area contributed by atoms with Gasteiger partial charge in [-0.3, -0.25) is 14.5 Å². The monoisotopic (exact) mass is 544 g/mol. The molecular weight excluding hydrogens is 512 g/mol. The van der Waals surface area contributed by atoms with Crippen molar-refractivity contribution in [2.24, 2.45) is 5.73 Å². The first-order chi connectivity index (χ1) is 16.9. The average molecular weight is 545 g/mol. The lowest BCUT2D eigenvalue weighted by Crippen LogP contribution is -2.58. The number of nitrogens with zero attached hydrogens (tertiary/aromatic N) is 3. The van der Waals surface area contributed by atoms with Gasteiger partial charge >= 0.3 is 0 Å². The Balaban J connectivity index is 1.25. The van der Waals surface area contributed by atoms with E-state index >= 15 is 0 Å². The highest BCUT2D eigenvalue weighted by Crippen LogP contribution is 2.29. The Kier molecular flexibility index (Phi) is 8.53. The Morgan fingerprint density at radius 2 is 1.89 bits per heavy atom. The molecule has 1 aromatic heterocycles. The molecule has 0 bridgehead atoms. The van der Waals surface area contributed by atoms with Gasteiger partial charge in [-0.2, -0.15) is 4.98 Å². The van der Waals surface area contributed by atoms with Crippen LogP contribution in [-0.4, -0.2) is 64.9 Å². The summed E-state index contributed by atoms with van der Waals surface area (Å²) in [6.07, 6.45) is 7.25. The van der Waals surface area contributed by atoms with E-state index in [0.29, 0.717) is 31.4 Å². The van der Waals surface area contributed by atoms with E-state index in [1.54, 1.807) is 6.20 Å². The van der Waals surface area contributed by atoms with Crippen LogP contribution in [0.25, 0.3) is 0 Å². The molecule has 1 aliphatic heterocycles. The first-order valence-electron chi connectivity index (χ1n) is 12.1. The van der Waals surface area contributed by atoms with Crippen LogP contribution in [0.2, 0.25) is 0 Å². The van der Waals surface area contributed by atoms with Crippen LogP contribution < -0.4 is 27.0 Å². The fourth-order valence-electron chi connectivity index (χ4n) is 4.16. The van der Waals surface area contributed by atoms with Crippen molar-refractivity contribution in [1.29, 1.82) is 0 Å². The van der Waals surface area contributed by atoms with Crippen molar-refractivity contribution in [1.82, 2.24) is 20.2 Å². The Bertz CT molecular complexity index is 1040. The van der Waals surface area contributed by atoms with Gasteiger partial charge in [0.25, 0.3) is 0 Å². The standard InChI is InChI=1S/C24H33BrN8O2/c25-19-15-29-23(32-21(19)27-10-5-11-28-22(35)24(26)8-4-9-24)31-18-7-3-6-17(14-18)30-20(34)16-33-12-1-2-13-33/h3,6-7,14-15H,1-2,4-5,8-13,16,26H2,(H,28,35)(H,30,34)(H2,27,29,31,32). The minimum absolute atomic E-state index is 0.0130. The fourth-order valence-corrected chi connectivity index (χ4v) is 4.49. The molecule has 0 atom stereocenters. The highest BCUT2D eigenvalue weighted by molar-refractivity contribution is 9.10. The van der Waals surface area contributed by atoms with Gasteiger partial charge in [-0.15, -0.1) is 0 Å². The van der Waals surface area contributed by atoms with Gasteiger partial charge in [0.1, 0.15) is 5.82 Å². The fraction of sp³-hybridized carbons (Fsp3) is 0.500. The molecule has 2 amide bonds. The number of benzene rings is 1. The van der Waals surface area contributed by atoms with E-state index in [9.17, 15) is 9.59 Å². The molecule has 0 radical (unpaired) electrons. The molecular formula is C24H33BrN8O2. The SMILES string of the molecule is NC1(C(=O)NCCCNc2nc(Nc3cccc(NC(=O)CN4CCCC4)c3)ncc2Br)CCC1. The van der Waals surface area contributed by atoms with Gasteiger partial charge < -0.3 is 27.0 Å². The third kappa shape index (κ3) is 7.12. The van der Waals surface area contributed by atoms with E-state index in [2.05, 4.69) is 52.1 Å². The lowest BCUT2D eigenvalue weighted by atomic mass is 9.77. The molecule has 1 aliphatic carbocycles. The van der Waals surface area contributed by atoms with Crippen LogP contribution in [-0.2, 0) is 9.59 Å². The summed E-state index contributed by atoms with van der Waals surface area (Å²) in [5.41, 5.74) is 6.86. The number of carbonyl (C=O) groups is 2. The normalized spacial score (nSPS) is 16.9. The number of hydrogen-bond acceptors (Lipinski definition) is 8. The smallest absolute Gasteiger partial charge is 0.240 e. The van der Waals surface area contributed by atoms with Gasteiger partial charge in [-0.1, -0.05) is 6.07 Å². The maximum Gasteiger partial charge on any atom is 0.240 e. The highest BCUT2D eigenvalue weighted by Gasteiger charge is 2.39. The van der Waals surface area contributed by atoms with Crippen molar-refractivity contribution >= 4 is 50.9 Å². The quantitative estimate of drug-likeness (QED) is 0.272. The van der Waals surface area contributed by atoms with Crippen molar-refractivity contribution < 1.29 is 9.59 Å². The molecule has 6 N–H and O–H groups in total. The Morgan fingerprint density at radius 1 is 1.11 bits per heavy atom. The van der Waals surface area contributed by atoms with Crippen molar-refractivity contribution in [2.45, 2.75) is 44.1 Å². The van der Waals surface area contributed by atoms with Crippen molar-refractivity contribution in [3.8, 4) is 0 Å². The zero-order valence-electron chi connectivity index (χ0n) is 19.8. The summed E-state index contributed by atoms with van der Waals surface area (Å²) in [4.78, 5) is 35.5. The predicted molar refractivity (Wildman–Crippen MR) is 141 cm³/mol. The second-order valence-corrected chi connectivity index (χ2v) is 10.0. The number of nitrogens with two attached hydrogens (primary N) is 1. The molecule has 0 unspecified atom stereocenters. The number of amides is 2. The van der Waals surface area contributed by atoms with E-state index in [1.165, 1.54) is 0 Å². The van der Waals surface area contributed by atoms with Crippen LogP contribution in [0.15, 0.2) is 34.9 Å². The summed E-state index contributed by atoms with van der Waals surface area (Å²) in [6.45, 7) is 3.56. The number of hydrogen-bond donors (Lipinski definition) is 5. The maximum atomic E-state index is 12.3. The van der Waals surface area contributed by atoms with Gasteiger partial charge in [-0.25, -0.2) is 4.98 Å². The molecule has 1 aromatic carbocycles. The van der Waals surface area contributed by atoms with Crippen LogP contribution >= 0.6 is 15.9 Å². The number of nitrogens with one attached hydrogen (secondary N) is 4. The molecule has 10 nitrogen and oxygen atoms in total. The lowest BCUT2D eigenvalue weighted by molar-refractivity contribution is -0.129. The number of carbonyl (C=O) groups excluding carboxylic acids is 2. The third-order valence-corrected chi connectivity index (χ3v) is 6.92. The van der Waals surface area contributed by atoms with Crippen LogP contribution in [0.1, 0.15) is 38.5 Å². The van der Waals surface area contributed by atoms with Gasteiger partial charge in [0.05, 0.1) is 16.6 Å². The molecule has 188 valence electrons. The summed E-state index contributed by atoms with van der Waals surface area (Å²) in [5, 5.41) is 12.3. The summed E-state index contributed by atoms with van der Waals surface area (Å²) < 4.78 is 0.741. The summed E-state index contributed by atoms with van der Waals surface area (Å²) in [7, 11) is 0. The van der Waals surface area contributed by atoms with Gasteiger partial charge in [0.15, 0.2) is 0 Å². The number of rotatable bonds is 11. The first kappa shape index (κ1) is 25.3. The van der Waals surface area contributed by atoms with Crippen LogP contribution in [0.3, 0.4) is 0 Å². The minimum atomic E-state index is -0.669. The highest BCUT2D eigenvalue weighted by atomic mass is 79.9. The number of likely N-dealkylation sites (tertiary alicyclic amines) is 1. The molecule has 2 heterocycles. The van der Waals surface area contributed by atoms with Crippen LogP contribution in [0.5, 0.6) is 0 Å². The second kappa shape index (κ2) is 11.8. The molecule has 2 aromatic rings. The van der Waals surface area contributed by atoms with E-state index in [1.807, 2.05) is 24.3 Å². The Labute approximate surface area is 214 Å². The zero-order chi connectivity index (χ0) is 24.7. The predicted octanol–water partition coefficient (Wildman–Crippen LogP) is 2.82. The molecule has 1 saturated carbocycles. The first-order valence-corrected chi connectivity index (χ1v) is 12.9. The van der Waals surface area contributed by atoms with Crippen molar-refractivity contribution in [3.05, 3.63) is 34.9 Å². The summed E-state index contributed by atoms with van der Waals surface area (Å²) in [6, 6.07) is 7.48. The number of aromatic nitrogens is 2. The van der Waals surface area contributed by atoms with Crippen molar-refractivity contribution in [2.75, 3.05) is 48.7 Å². The van der Waals surface area contributed by atoms with Crippen LogP contribution in [0, 0.1) is 0 Å². The van der Waals surface area contributed by atoms with Gasteiger partial charge in [0.2, 0.25) is 17.8 Å². The largest absolute Gasteiger partial charge is 0.369 e. The topological polar surface area (TPSA) is 137 Å². The number of anilines is 4. The lowest BCUT2D eigenvalue weighted by Gasteiger charge is -2.36. The summed E-state index contributed by atoms with van der Waals surface area (Å²) in [5.74, 6) is 1.01. The second-order valence-electron chi connectivity index (χ2n) is 9.17. The molecule has 35 heavy (non-hydrogen) atoms. The van der Waals surface area contributed by atoms with Gasteiger partial charge in [-0.05, 0) is 85.7 Å². The third-order valence-electron chi connectivity index (χ3n) is 6.34. The molecule has 2 aliphatic rings. The van der Waals surface area contributed by atoms with E-state index in [-0.39, 0.29) is 11.8 Å². The Morgan fingerprint density at radius 3 is 2.63 bits per heavy atom. The summed E-state index contributed by atoms with van der Waals surface area (Å²) >= 11 is 3.47. The maximum absolute atomic E-state index is 12.3. The van der Waals surface area contributed by atoms with Gasteiger partial charge in [0, 0.05) is 30.7 Å². The minimum Gasteiger partial charge on any atom is -0.369 e. The molecule has 0 spiro atoms. The van der Waals surface area contributed by atoms with E-state index in [0.717, 1.165) is 67.5 Å². The zero-order valence-corrected chi connectivity index (χ0v) is 21.4.